The molecule has 0 aromatic heterocycles. The molecule has 0 bridgehead atoms. The van der Waals surface area contributed by atoms with Crippen LogP contribution in [0.1, 0.15) is 38.5 Å². The van der Waals surface area contributed by atoms with Crippen molar-refractivity contribution >= 4 is 5.91 Å². The monoisotopic (exact) mass is 228 g/mol. The Balaban J connectivity index is 2.24. The molecule has 4 nitrogen and oxygen atoms in total. The van der Waals surface area contributed by atoms with E-state index >= 15 is 0 Å². The van der Waals surface area contributed by atoms with Crippen molar-refractivity contribution in [1.82, 2.24) is 4.90 Å². The molecule has 1 amide bonds. The van der Waals surface area contributed by atoms with Crippen molar-refractivity contribution in [1.29, 1.82) is 0 Å². The SMILES string of the molecule is CN(CCCCCO)C(=O)C1CCCC1N. The number of nitrogens with zero attached hydrogens (tertiary/aromatic N) is 1. The molecule has 1 fully saturated rings. The van der Waals surface area contributed by atoms with Gasteiger partial charge in [-0.25, -0.2) is 0 Å². The maximum absolute atomic E-state index is 12.0. The van der Waals surface area contributed by atoms with Gasteiger partial charge in [0.2, 0.25) is 5.91 Å². The molecule has 1 rings (SSSR count). The lowest BCUT2D eigenvalue weighted by Crippen LogP contribution is -2.40. The highest BCUT2D eigenvalue weighted by Crippen LogP contribution is 2.25. The second-order valence-corrected chi connectivity index (χ2v) is 4.75. The van der Waals surface area contributed by atoms with Crippen LogP contribution in [0, 0.1) is 5.92 Å². The van der Waals surface area contributed by atoms with E-state index in [1.807, 2.05) is 7.05 Å². The average molecular weight is 228 g/mol. The summed E-state index contributed by atoms with van der Waals surface area (Å²) >= 11 is 0. The maximum Gasteiger partial charge on any atom is 0.226 e. The van der Waals surface area contributed by atoms with E-state index in [1.165, 1.54) is 0 Å². The minimum absolute atomic E-state index is 0.0443. The fourth-order valence-corrected chi connectivity index (χ4v) is 2.33. The van der Waals surface area contributed by atoms with Gasteiger partial charge in [0.1, 0.15) is 0 Å². The van der Waals surface area contributed by atoms with Crippen LogP contribution in [0.25, 0.3) is 0 Å². The number of amides is 1. The molecule has 94 valence electrons. The molecule has 0 aromatic rings. The zero-order chi connectivity index (χ0) is 12.0. The van der Waals surface area contributed by atoms with Crippen molar-refractivity contribution in [2.45, 2.75) is 44.6 Å². The van der Waals surface area contributed by atoms with Crippen LogP contribution in [0.5, 0.6) is 0 Å². The van der Waals surface area contributed by atoms with Crippen LogP contribution in [0.3, 0.4) is 0 Å². The maximum atomic E-state index is 12.0. The number of aliphatic hydroxyl groups excluding tert-OH is 1. The third-order valence-corrected chi connectivity index (χ3v) is 3.41. The molecule has 1 aliphatic carbocycles. The highest BCUT2D eigenvalue weighted by molar-refractivity contribution is 5.79. The van der Waals surface area contributed by atoms with Crippen LogP contribution in [-0.2, 0) is 4.79 Å². The number of carbonyl (C=O) groups excluding carboxylic acids is 1. The van der Waals surface area contributed by atoms with Gasteiger partial charge in [-0.2, -0.15) is 0 Å². The first-order chi connectivity index (χ1) is 7.66. The van der Waals surface area contributed by atoms with Crippen LogP contribution in [0.2, 0.25) is 0 Å². The number of hydrogen-bond acceptors (Lipinski definition) is 3. The third kappa shape index (κ3) is 3.76. The van der Waals surface area contributed by atoms with Crippen molar-refractivity contribution < 1.29 is 9.90 Å². The molecule has 0 aliphatic heterocycles. The van der Waals surface area contributed by atoms with E-state index in [4.69, 9.17) is 10.8 Å². The molecule has 0 aromatic carbocycles. The minimum atomic E-state index is 0.0443. The van der Waals surface area contributed by atoms with E-state index in [2.05, 4.69) is 0 Å². The van der Waals surface area contributed by atoms with Crippen molar-refractivity contribution in [3.8, 4) is 0 Å². The highest BCUT2D eigenvalue weighted by Gasteiger charge is 2.31. The number of aliphatic hydroxyl groups is 1. The molecule has 1 aliphatic rings. The van der Waals surface area contributed by atoms with Crippen molar-refractivity contribution in [2.24, 2.45) is 11.7 Å². The Morgan fingerprint density at radius 3 is 2.69 bits per heavy atom. The highest BCUT2D eigenvalue weighted by atomic mass is 16.2. The first-order valence-electron chi connectivity index (χ1n) is 6.28. The van der Waals surface area contributed by atoms with Gasteiger partial charge in [-0.15, -0.1) is 0 Å². The van der Waals surface area contributed by atoms with E-state index in [0.717, 1.165) is 45.1 Å². The summed E-state index contributed by atoms with van der Waals surface area (Å²) in [5.41, 5.74) is 5.91. The summed E-state index contributed by atoms with van der Waals surface area (Å²) in [6.07, 6.45) is 5.77. The number of hydrogen-bond donors (Lipinski definition) is 2. The summed E-state index contributed by atoms with van der Waals surface area (Å²) in [7, 11) is 1.85. The Labute approximate surface area is 97.8 Å². The summed E-state index contributed by atoms with van der Waals surface area (Å²) < 4.78 is 0. The summed E-state index contributed by atoms with van der Waals surface area (Å²) in [6.45, 7) is 1.02. The van der Waals surface area contributed by atoms with E-state index in [1.54, 1.807) is 4.90 Å². The molecule has 16 heavy (non-hydrogen) atoms. The van der Waals surface area contributed by atoms with Crippen LogP contribution in [-0.4, -0.2) is 42.2 Å². The summed E-state index contributed by atoms with van der Waals surface area (Å²) in [5.74, 6) is 0.247. The number of nitrogens with two attached hydrogens (primary N) is 1. The van der Waals surface area contributed by atoms with Gasteiger partial charge >= 0.3 is 0 Å². The van der Waals surface area contributed by atoms with E-state index in [-0.39, 0.29) is 24.5 Å². The second kappa shape index (κ2) is 6.86. The predicted octanol–water partition coefficient (Wildman–Crippen LogP) is 0.735. The lowest BCUT2D eigenvalue weighted by Gasteiger charge is -2.23. The Kier molecular flexibility index (Phi) is 5.77. The molecule has 1 saturated carbocycles. The van der Waals surface area contributed by atoms with Gasteiger partial charge in [0, 0.05) is 26.2 Å². The fourth-order valence-electron chi connectivity index (χ4n) is 2.33. The lowest BCUT2D eigenvalue weighted by atomic mass is 10.0. The van der Waals surface area contributed by atoms with E-state index in [9.17, 15) is 4.79 Å². The van der Waals surface area contributed by atoms with E-state index < -0.39 is 0 Å². The van der Waals surface area contributed by atoms with Crippen LogP contribution >= 0.6 is 0 Å². The summed E-state index contributed by atoms with van der Waals surface area (Å²) in [6, 6.07) is 0.0624. The van der Waals surface area contributed by atoms with Gasteiger partial charge in [0.25, 0.3) is 0 Å². The second-order valence-electron chi connectivity index (χ2n) is 4.75. The van der Waals surface area contributed by atoms with Gasteiger partial charge in [-0.05, 0) is 32.1 Å². The summed E-state index contributed by atoms with van der Waals surface area (Å²) in [4.78, 5) is 13.8. The molecule has 3 N–H and O–H groups in total. The average Bonchev–Trinajstić information content (AvgIpc) is 2.69. The quantitative estimate of drug-likeness (QED) is 0.659. The third-order valence-electron chi connectivity index (χ3n) is 3.41. The van der Waals surface area contributed by atoms with Crippen LogP contribution < -0.4 is 5.73 Å². The normalized spacial score (nSPS) is 24.7. The topological polar surface area (TPSA) is 66.6 Å². The molecule has 0 heterocycles. The first-order valence-corrected chi connectivity index (χ1v) is 6.28. The predicted molar refractivity (Wildman–Crippen MR) is 63.9 cm³/mol. The smallest absolute Gasteiger partial charge is 0.226 e. The Bertz CT molecular complexity index is 221. The molecule has 2 atom stereocenters. The van der Waals surface area contributed by atoms with Gasteiger partial charge in [0.05, 0.1) is 5.92 Å². The Hall–Kier alpha value is -0.610. The lowest BCUT2D eigenvalue weighted by molar-refractivity contribution is -0.134. The Morgan fingerprint density at radius 1 is 1.38 bits per heavy atom. The molecule has 0 saturated heterocycles. The van der Waals surface area contributed by atoms with Gasteiger partial charge in [-0.3, -0.25) is 4.79 Å². The zero-order valence-corrected chi connectivity index (χ0v) is 10.2. The standard InChI is InChI=1S/C12H24N2O2/c1-14(8-3-2-4-9-15)12(16)10-6-5-7-11(10)13/h10-11,15H,2-9,13H2,1H3. The van der Waals surface area contributed by atoms with Crippen LogP contribution in [0.15, 0.2) is 0 Å². The zero-order valence-electron chi connectivity index (χ0n) is 10.2. The van der Waals surface area contributed by atoms with Crippen molar-refractivity contribution in [3.05, 3.63) is 0 Å². The number of unbranched alkanes of at least 4 members (excludes halogenated alkanes) is 2. The van der Waals surface area contributed by atoms with Gasteiger partial charge < -0.3 is 15.7 Å². The van der Waals surface area contributed by atoms with E-state index in [0.29, 0.717) is 0 Å². The number of carbonyl (C=O) groups is 1. The molecular weight excluding hydrogens is 204 g/mol. The fraction of sp³-hybridized carbons (Fsp3) is 0.917. The molecule has 0 spiro atoms. The summed E-state index contributed by atoms with van der Waals surface area (Å²) in [5, 5.41) is 8.65. The number of rotatable bonds is 6. The first kappa shape index (κ1) is 13.5. The molecular formula is C12H24N2O2. The van der Waals surface area contributed by atoms with Gasteiger partial charge in [0.15, 0.2) is 0 Å². The van der Waals surface area contributed by atoms with Crippen molar-refractivity contribution in [3.63, 3.8) is 0 Å². The largest absolute Gasteiger partial charge is 0.396 e. The van der Waals surface area contributed by atoms with Crippen molar-refractivity contribution in [2.75, 3.05) is 20.2 Å². The minimum Gasteiger partial charge on any atom is -0.396 e. The molecule has 2 unspecified atom stereocenters. The van der Waals surface area contributed by atoms with Crippen LogP contribution in [0.4, 0.5) is 0 Å². The molecule has 4 heteroatoms. The Morgan fingerprint density at radius 2 is 2.12 bits per heavy atom. The molecule has 0 radical (unpaired) electrons. The van der Waals surface area contributed by atoms with Gasteiger partial charge in [-0.1, -0.05) is 6.42 Å².